The first-order valence-electron chi connectivity index (χ1n) is 13.2. The van der Waals surface area contributed by atoms with E-state index in [1.807, 2.05) is 71.0 Å². The highest BCUT2D eigenvalue weighted by Gasteiger charge is 2.33. The molecule has 0 unspecified atom stereocenters. The molecule has 39 heavy (non-hydrogen) atoms. The Balaban J connectivity index is 2.04. The molecule has 0 bridgehead atoms. The molecule has 3 rings (SSSR count). The number of nitrogens with one attached hydrogen (secondary N) is 1. The van der Waals surface area contributed by atoms with Crippen molar-refractivity contribution in [1.82, 2.24) is 10.2 Å². The van der Waals surface area contributed by atoms with E-state index < -0.39 is 34.1 Å². The van der Waals surface area contributed by atoms with Gasteiger partial charge >= 0.3 is 0 Å². The number of benzene rings is 3. The lowest BCUT2D eigenvalue weighted by Gasteiger charge is -2.33. The first-order chi connectivity index (χ1) is 18.3. The van der Waals surface area contributed by atoms with Crippen LogP contribution in [0.15, 0.2) is 83.8 Å². The van der Waals surface area contributed by atoms with Crippen molar-refractivity contribution < 1.29 is 18.0 Å². The van der Waals surface area contributed by atoms with Crippen LogP contribution in [-0.2, 0) is 32.6 Å². The molecule has 0 heterocycles. The highest BCUT2D eigenvalue weighted by molar-refractivity contribution is 7.92. The lowest BCUT2D eigenvalue weighted by Crippen LogP contribution is -2.54. The average Bonchev–Trinajstić information content (AvgIpc) is 2.90. The minimum atomic E-state index is -4.07. The van der Waals surface area contributed by atoms with Crippen LogP contribution >= 0.6 is 0 Å². The highest BCUT2D eigenvalue weighted by atomic mass is 32.2. The summed E-state index contributed by atoms with van der Waals surface area (Å²) in [5.74, 6) is -0.789. The molecular weight excluding hydrogens is 510 g/mol. The maximum absolute atomic E-state index is 14.0. The van der Waals surface area contributed by atoms with Gasteiger partial charge in [-0.15, -0.1) is 0 Å². The Morgan fingerprint density at radius 3 is 2.05 bits per heavy atom. The summed E-state index contributed by atoms with van der Waals surface area (Å²) < 4.78 is 28.8. The summed E-state index contributed by atoms with van der Waals surface area (Å²) in [6, 6.07) is 22.0. The van der Waals surface area contributed by atoms with Gasteiger partial charge in [0.2, 0.25) is 11.8 Å². The van der Waals surface area contributed by atoms with Crippen molar-refractivity contribution in [3.05, 3.63) is 95.6 Å². The smallest absolute Gasteiger partial charge is 0.264 e. The van der Waals surface area contributed by atoms with E-state index in [2.05, 4.69) is 5.32 Å². The third-order valence-corrected chi connectivity index (χ3v) is 8.30. The molecule has 0 fully saturated rings. The van der Waals surface area contributed by atoms with Gasteiger partial charge in [0, 0.05) is 12.1 Å². The Morgan fingerprint density at radius 1 is 0.897 bits per heavy atom. The quantitative estimate of drug-likeness (QED) is 0.382. The molecule has 208 valence electrons. The zero-order valence-corrected chi connectivity index (χ0v) is 24.5. The molecular formula is C31H39N3O4S. The molecule has 0 aliphatic carbocycles. The SMILES string of the molecule is CCc1ccc(N(CC(=O)N(Cc2ccccc2C)[C@@H](C)C(=O)NC(C)(C)C)S(=O)(=O)c2ccccc2)cc1. The second-order valence-electron chi connectivity index (χ2n) is 10.7. The molecule has 0 saturated heterocycles. The number of nitrogens with zero attached hydrogens (tertiary/aromatic N) is 2. The van der Waals surface area contributed by atoms with Gasteiger partial charge in [-0.2, -0.15) is 0 Å². The van der Waals surface area contributed by atoms with Gasteiger partial charge in [0.15, 0.2) is 0 Å². The molecule has 2 amide bonds. The van der Waals surface area contributed by atoms with Crippen LogP contribution < -0.4 is 9.62 Å². The molecule has 1 N–H and O–H groups in total. The van der Waals surface area contributed by atoms with Gasteiger partial charge in [0.25, 0.3) is 10.0 Å². The van der Waals surface area contributed by atoms with Gasteiger partial charge in [-0.05, 0) is 82.0 Å². The molecule has 3 aromatic carbocycles. The molecule has 0 aliphatic rings. The van der Waals surface area contributed by atoms with Gasteiger partial charge in [-0.25, -0.2) is 8.42 Å². The number of carbonyl (C=O) groups is 2. The number of aryl methyl sites for hydroxylation is 2. The van der Waals surface area contributed by atoms with Crippen LogP contribution in [0.1, 0.15) is 51.3 Å². The first-order valence-corrected chi connectivity index (χ1v) is 14.6. The first kappa shape index (κ1) is 29.9. The third kappa shape index (κ3) is 7.69. The average molecular weight is 550 g/mol. The van der Waals surface area contributed by atoms with Crippen molar-refractivity contribution >= 4 is 27.5 Å². The minimum absolute atomic E-state index is 0.0846. The second kappa shape index (κ2) is 12.5. The number of sulfonamides is 1. The predicted molar refractivity (Wildman–Crippen MR) is 156 cm³/mol. The molecule has 0 aromatic heterocycles. The Labute approximate surface area is 232 Å². The van der Waals surface area contributed by atoms with Gasteiger partial charge < -0.3 is 10.2 Å². The summed E-state index contributed by atoms with van der Waals surface area (Å²) >= 11 is 0. The van der Waals surface area contributed by atoms with Crippen molar-refractivity contribution in [3.8, 4) is 0 Å². The minimum Gasteiger partial charge on any atom is -0.350 e. The summed E-state index contributed by atoms with van der Waals surface area (Å²) in [7, 11) is -4.07. The molecule has 3 aromatic rings. The van der Waals surface area contributed by atoms with E-state index in [-0.39, 0.29) is 17.3 Å². The second-order valence-corrected chi connectivity index (χ2v) is 12.6. The van der Waals surface area contributed by atoms with Crippen LogP contribution in [-0.4, -0.2) is 43.3 Å². The zero-order valence-electron chi connectivity index (χ0n) is 23.6. The zero-order chi connectivity index (χ0) is 28.8. The van der Waals surface area contributed by atoms with Gasteiger partial charge in [-0.3, -0.25) is 13.9 Å². The van der Waals surface area contributed by atoms with E-state index in [1.54, 1.807) is 37.3 Å². The Morgan fingerprint density at radius 2 is 1.49 bits per heavy atom. The molecule has 8 heteroatoms. The normalized spacial score (nSPS) is 12.5. The van der Waals surface area contributed by atoms with Crippen LogP contribution in [0.3, 0.4) is 0 Å². The monoisotopic (exact) mass is 549 g/mol. The molecule has 1 atom stereocenters. The van der Waals surface area contributed by atoms with Crippen molar-refractivity contribution in [3.63, 3.8) is 0 Å². The fourth-order valence-corrected chi connectivity index (χ4v) is 5.61. The largest absolute Gasteiger partial charge is 0.350 e. The van der Waals surface area contributed by atoms with E-state index in [1.165, 1.54) is 17.0 Å². The van der Waals surface area contributed by atoms with Crippen LogP contribution in [0.2, 0.25) is 0 Å². The Kier molecular flexibility index (Phi) is 9.56. The number of amides is 2. The molecule has 0 saturated carbocycles. The van der Waals surface area contributed by atoms with Crippen molar-refractivity contribution in [1.29, 1.82) is 0 Å². The van der Waals surface area contributed by atoms with Crippen molar-refractivity contribution in [2.45, 2.75) is 71.0 Å². The summed E-state index contributed by atoms with van der Waals surface area (Å²) in [5, 5.41) is 2.94. The number of hydrogen-bond acceptors (Lipinski definition) is 4. The van der Waals surface area contributed by atoms with E-state index in [0.29, 0.717) is 5.69 Å². The summed E-state index contributed by atoms with van der Waals surface area (Å²) in [5.41, 5.74) is 2.79. The predicted octanol–water partition coefficient (Wildman–Crippen LogP) is 5.08. The number of anilines is 1. The lowest BCUT2D eigenvalue weighted by molar-refractivity contribution is -0.140. The summed E-state index contributed by atoms with van der Waals surface area (Å²) in [6.45, 7) is 11.0. The van der Waals surface area contributed by atoms with Crippen molar-refractivity contribution in [2.75, 3.05) is 10.8 Å². The van der Waals surface area contributed by atoms with Crippen LogP contribution in [0.25, 0.3) is 0 Å². The topological polar surface area (TPSA) is 86.8 Å². The molecule has 0 aliphatic heterocycles. The van der Waals surface area contributed by atoms with Gasteiger partial charge in [-0.1, -0.05) is 61.5 Å². The maximum Gasteiger partial charge on any atom is 0.264 e. The fraction of sp³-hybridized carbons (Fsp3) is 0.355. The van der Waals surface area contributed by atoms with Crippen LogP contribution in [0, 0.1) is 6.92 Å². The maximum atomic E-state index is 14.0. The number of rotatable bonds is 10. The van der Waals surface area contributed by atoms with Gasteiger partial charge in [0.1, 0.15) is 12.6 Å². The number of carbonyl (C=O) groups excluding carboxylic acids is 2. The Hall–Kier alpha value is -3.65. The third-order valence-electron chi connectivity index (χ3n) is 6.51. The standard InChI is InChI=1S/C31H39N3O4S/c1-7-25-17-19-27(20-18-25)34(39(37,38)28-15-9-8-10-16-28)22-29(35)33(21-26-14-12-11-13-23(26)2)24(3)30(36)32-31(4,5)6/h8-20,24H,7,21-22H2,1-6H3,(H,32,36)/t24-/m0/s1. The number of hydrogen-bond donors (Lipinski definition) is 1. The van der Waals surface area contributed by atoms with Crippen LogP contribution in [0.4, 0.5) is 5.69 Å². The summed E-state index contributed by atoms with van der Waals surface area (Å²) in [6.07, 6.45) is 0.801. The molecule has 7 nitrogen and oxygen atoms in total. The van der Waals surface area contributed by atoms with E-state index >= 15 is 0 Å². The molecule has 0 spiro atoms. The fourth-order valence-electron chi connectivity index (χ4n) is 4.17. The Bertz CT molecular complexity index is 1380. The highest BCUT2D eigenvalue weighted by Crippen LogP contribution is 2.25. The van der Waals surface area contributed by atoms with Gasteiger partial charge in [0.05, 0.1) is 10.6 Å². The van der Waals surface area contributed by atoms with E-state index in [4.69, 9.17) is 0 Å². The van der Waals surface area contributed by atoms with Crippen LogP contribution in [0.5, 0.6) is 0 Å². The summed E-state index contributed by atoms with van der Waals surface area (Å²) in [4.78, 5) is 28.7. The van der Waals surface area contributed by atoms with Crippen molar-refractivity contribution in [2.24, 2.45) is 0 Å². The van der Waals surface area contributed by atoms with E-state index in [9.17, 15) is 18.0 Å². The van der Waals surface area contributed by atoms with E-state index in [0.717, 1.165) is 27.4 Å². The lowest BCUT2D eigenvalue weighted by atomic mass is 10.1. The molecule has 0 radical (unpaired) electrons.